The van der Waals surface area contributed by atoms with E-state index in [-0.39, 0.29) is 21.8 Å². The monoisotopic (exact) mass is 264 g/mol. The van der Waals surface area contributed by atoms with Crippen LogP contribution in [0.4, 0.5) is 4.39 Å². The summed E-state index contributed by atoms with van der Waals surface area (Å²) in [4.78, 5) is 13.6. The molecule has 0 bridgehead atoms. The number of carboxylic acids is 1. The summed E-state index contributed by atoms with van der Waals surface area (Å²) in [6, 6.07) is 5.32. The second-order valence-corrected chi connectivity index (χ2v) is 3.91. The van der Waals surface area contributed by atoms with Gasteiger partial charge in [-0.3, -0.25) is 0 Å². The number of hydrogen-bond donors (Lipinski definition) is 2. The number of aromatic carboxylic acids is 1. The Hall–Kier alpha value is -2.32. The molecule has 6 heteroatoms. The molecule has 0 atom stereocenters. The molecule has 18 heavy (non-hydrogen) atoms. The molecule has 2 N–H and O–H groups in total. The Balaban J connectivity index is 2.64. The van der Waals surface area contributed by atoms with E-state index in [1.54, 1.807) is 0 Å². The second-order valence-electron chi connectivity index (χ2n) is 3.53. The summed E-state index contributed by atoms with van der Waals surface area (Å²) in [6.45, 7) is 0. The van der Waals surface area contributed by atoms with E-state index < -0.39 is 11.8 Å². The first-order chi connectivity index (χ1) is 8.52. The van der Waals surface area contributed by atoms with E-state index in [0.29, 0.717) is 5.56 Å². The zero-order valence-electron chi connectivity index (χ0n) is 8.87. The molecule has 0 spiro atoms. The van der Waals surface area contributed by atoms with Crippen molar-refractivity contribution in [1.29, 1.82) is 5.26 Å². The van der Waals surface area contributed by atoms with E-state index in [0.717, 1.165) is 12.1 Å². The molecule has 1 heterocycles. The van der Waals surface area contributed by atoms with E-state index >= 15 is 0 Å². The van der Waals surface area contributed by atoms with Crippen LogP contribution in [0.1, 0.15) is 16.1 Å². The Morgan fingerprint density at radius 1 is 1.44 bits per heavy atom. The number of halogens is 2. The van der Waals surface area contributed by atoms with Crippen LogP contribution in [-0.4, -0.2) is 16.1 Å². The number of aromatic nitrogens is 1. The molecule has 4 nitrogen and oxygen atoms in total. The Morgan fingerprint density at radius 2 is 2.17 bits per heavy atom. The van der Waals surface area contributed by atoms with Gasteiger partial charge >= 0.3 is 5.97 Å². The quantitative estimate of drug-likeness (QED) is 0.875. The summed E-state index contributed by atoms with van der Waals surface area (Å²) in [5, 5.41) is 17.5. The fourth-order valence-corrected chi connectivity index (χ4v) is 1.87. The number of hydrogen-bond acceptors (Lipinski definition) is 2. The SMILES string of the molecule is N#Cc1cc(-c2cc(F)cc(C(=O)O)c2Cl)c[nH]1. The molecule has 0 aliphatic heterocycles. The van der Waals surface area contributed by atoms with Crippen molar-refractivity contribution >= 4 is 17.6 Å². The van der Waals surface area contributed by atoms with Crippen molar-refractivity contribution < 1.29 is 14.3 Å². The minimum Gasteiger partial charge on any atom is -0.478 e. The fourth-order valence-electron chi connectivity index (χ4n) is 1.57. The van der Waals surface area contributed by atoms with Gasteiger partial charge in [-0.1, -0.05) is 11.6 Å². The molecule has 0 fully saturated rings. The van der Waals surface area contributed by atoms with Crippen molar-refractivity contribution in [2.45, 2.75) is 0 Å². The highest BCUT2D eigenvalue weighted by molar-refractivity contribution is 6.36. The second kappa shape index (κ2) is 4.51. The van der Waals surface area contributed by atoms with Gasteiger partial charge in [0, 0.05) is 17.3 Å². The molecule has 0 saturated carbocycles. The van der Waals surface area contributed by atoms with Gasteiger partial charge in [0.15, 0.2) is 0 Å². The lowest BCUT2D eigenvalue weighted by Gasteiger charge is -2.05. The van der Waals surface area contributed by atoms with E-state index in [2.05, 4.69) is 4.98 Å². The van der Waals surface area contributed by atoms with Gasteiger partial charge in [-0.25, -0.2) is 9.18 Å². The topological polar surface area (TPSA) is 76.9 Å². The van der Waals surface area contributed by atoms with E-state index in [4.69, 9.17) is 22.0 Å². The third-order valence-corrected chi connectivity index (χ3v) is 2.79. The van der Waals surface area contributed by atoms with E-state index in [1.165, 1.54) is 12.3 Å². The highest BCUT2D eigenvalue weighted by Gasteiger charge is 2.16. The number of carbonyl (C=O) groups is 1. The average Bonchev–Trinajstić information content (AvgIpc) is 2.79. The Kier molecular flexibility index (Phi) is 3.04. The average molecular weight is 265 g/mol. The minimum absolute atomic E-state index is 0.0626. The summed E-state index contributed by atoms with van der Waals surface area (Å²) in [6.07, 6.45) is 1.46. The van der Waals surface area contributed by atoms with Gasteiger partial charge in [0.1, 0.15) is 17.6 Å². The Bertz CT molecular complexity index is 673. The van der Waals surface area contributed by atoms with Crippen molar-refractivity contribution in [1.82, 2.24) is 4.98 Å². The molecule has 0 amide bonds. The molecule has 2 rings (SSSR count). The van der Waals surface area contributed by atoms with Crippen LogP contribution < -0.4 is 0 Å². The zero-order valence-corrected chi connectivity index (χ0v) is 9.62. The molecule has 0 radical (unpaired) electrons. The number of benzene rings is 1. The first kappa shape index (κ1) is 12.1. The molecule has 0 saturated heterocycles. The van der Waals surface area contributed by atoms with Crippen LogP contribution in [-0.2, 0) is 0 Å². The minimum atomic E-state index is -1.31. The number of nitrogens with zero attached hydrogens (tertiary/aromatic N) is 1. The van der Waals surface area contributed by atoms with Crippen molar-refractivity contribution in [3.05, 3.63) is 46.5 Å². The smallest absolute Gasteiger partial charge is 0.337 e. The van der Waals surface area contributed by atoms with E-state index in [9.17, 15) is 9.18 Å². The predicted molar refractivity (Wildman–Crippen MR) is 62.9 cm³/mol. The number of nitrogens with one attached hydrogen (secondary N) is 1. The van der Waals surface area contributed by atoms with Crippen LogP contribution in [0.15, 0.2) is 24.4 Å². The standard InChI is InChI=1S/C12H6ClFN2O2/c13-11-9(6-1-8(4-15)16-5-6)2-7(14)3-10(11)12(17)18/h1-3,5,16H,(H,17,18). The normalized spacial score (nSPS) is 10.1. The molecular formula is C12H6ClFN2O2. The van der Waals surface area contributed by atoms with Crippen LogP contribution in [0, 0.1) is 17.1 Å². The zero-order chi connectivity index (χ0) is 13.3. The van der Waals surface area contributed by atoms with Gasteiger partial charge in [-0.05, 0) is 18.2 Å². The van der Waals surface area contributed by atoms with Crippen LogP contribution in [0.2, 0.25) is 5.02 Å². The summed E-state index contributed by atoms with van der Waals surface area (Å²) in [7, 11) is 0. The molecule has 0 aliphatic rings. The largest absolute Gasteiger partial charge is 0.478 e. The lowest BCUT2D eigenvalue weighted by atomic mass is 10.0. The molecule has 2 aromatic rings. The summed E-state index contributed by atoms with van der Waals surface area (Å²) >= 11 is 5.92. The van der Waals surface area contributed by atoms with Gasteiger partial charge in [-0.15, -0.1) is 0 Å². The van der Waals surface area contributed by atoms with Gasteiger partial charge < -0.3 is 10.1 Å². The van der Waals surface area contributed by atoms with Gasteiger partial charge in [0.25, 0.3) is 0 Å². The number of nitriles is 1. The lowest BCUT2D eigenvalue weighted by Crippen LogP contribution is -1.99. The third-order valence-electron chi connectivity index (χ3n) is 2.38. The molecule has 1 aromatic carbocycles. The third kappa shape index (κ3) is 2.06. The number of carboxylic acid groups (broad SMARTS) is 1. The number of H-pyrrole nitrogens is 1. The molecule has 1 aromatic heterocycles. The summed E-state index contributed by atoms with van der Waals surface area (Å²) < 4.78 is 13.3. The van der Waals surface area contributed by atoms with Crippen molar-refractivity contribution in [2.75, 3.05) is 0 Å². The van der Waals surface area contributed by atoms with Crippen molar-refractivity contribution in [3.63, 3.8) is 0 Å². The number of rotatable bonds is 2. The Labute approximate surface area is 106 Å². The number of aromatic amines is 1. The van der Waals surface area contributed by atoms with Crippen LogP contribution >= 0.6 is 11.6 Å². The maximum Gasteiger partial charge on any atom is 0.337 e. The Morgan fingerprint density at radius 3 is 2.72 bits per heavy atom. The predicted octanol–water partition coefficient (Wildman–Crippen LogP) is 3.04. The van der Waals surface area contributed by atoms with Crippen molar-refractivity contribution in [2.24, 2.45) is 0 Å². The van der Waals surface area contributed by atoms with Crippen LogP contribution in [0.3, 0.4) is 0 Å². The maximum atomic E-state index is 13.3. The van der Waals surface area contributed by atoms with Gasteiger partial charge in [-0.2, -0.15) is 5.26 Å². The first-order valence-corrected chi connectivity index (χ1v) is 5.22. The first-order valence-electron chi connectivity index (χ1n) is 4.84. The fraction of sp³-hybridized carbons (Fsp3) is 0. The summed E-state index contributed by atoms with van der Waals surface area (Å²) in [5.74, 6) is -2.01. The molecular weight excluding hydrogens is 259 g/mol. The highest BCUT2D eigenvalue weighted by atomic mass is 35.5. The highest BCUT2D eigenvalue weighted by Crippen LogP contribution is 2.32. The lowest BCUT2D eigenvalue weighted by molar-refractivity contribution is 0.0696. The summed E-state index contributed by atoms with van der Waals surface area (Å²) in [5.41, 5.74) is 0.652. The maximum absolute atomic E-state index is 13.3. The molecule has 90 valence electrons. The van der Waals surface area contributed by atoms with Gasteiger partial charge in [0.2, 0.25) is 0 Å². The molecule has 0 aliphatic carbocycles. The van der Waals surface area contributed by atoms with Gasteiger partial charge in [0.05, 0.1) is 10.6 Å². The molecule has 0 unspecified atom stereocenters. The van der Waals surface area contributed by atoms with E-state index in [1.807, 2.05) is 6.07 Å². The van der Waals surface area contributed by atoms with Crippen molar-refractivity contribution in [3.8, 4) is 17.2 Å². The van der Waals surface area contributed by atoms with Crippen LogP contribution in [0.5, 0.6) is 0 Å². The van der Waals surface area contributed by atoms with Crippen LogP contribution in [0.25, 0.3) is 11.1 Å².